The number of hydrogen-bond donors (Lipinski definition) is 1. The summed E-state index contributed by atoms with van der Waals surface area (Å²) in [4.78, 5) is 23.9. The third-order valence-electron chi connectivity index (χ3n) is 3.49. The fraction of sp³-hybridized carbons (Fsp3) is 0.176. The standard InChI is InChI=1S/C17H15ClN2O3/c1-11-3-2-4-13(9-11)19-16(21)7-8-20-14-6-5-12(18)10-15(14)23-17(20)22/h2-6,9-10H,7-8H2,1H3,(H,19,21). The molecule has 0 aliphatic rings. The van der Waals surface area contributed by atoms with Gasteiger partial charge in [0.25, 0.3) is 0 Å². The molecule has 1 N–H and O–H groups in total. The lowest BCUT2D eigenvalue weighted by molar-refractivity contribution is -0.116. The Hall–Kier alpha value is -2.53. The molecule has 0 spiro atoms. The van der Waals surface area contributed by atoms with E-state index in [1.807, 2.05) is 31.2 Å². The van der Waals surface area contributed by atoms with Gasteiger partial charge in [-0.3, -0.25) is 9.36 Å². The molecule has 1 amide bonds. The van der Waals surface area contributed by atoms with Crippen molar-refractivity contribution >= 4 is 34.3 Å². The molecule has 0 radical (unpaired) electrons. The summed E-state index contributed by atoms with van der Waals surface area (Å²) in [5, 5.41) is 3.31. The molecule has 118 valence electrons. The fourth-order valence-electron chi connectivity index (χ4n) is 2.41. The van der Waals surface area contributed by atoms with Crippen molar-refractivity contribution in [2.45, 2.75) is 19.9 Å². The highest BCUT2D eigenvalue weighted by molar-refractivity contribution is 6.31. The topological polar surface area (TPSA) is 64.2 Å². The first kappa shape index (κ1) is 15.4. The summed E-state index contributed by atoms with van der Waals surface area (Å²) >= 11 is 5.88. The summed E-state index contributed by atoms with van der Waals surface area (Å²) < 4.78 is 6.57. The Kier molecular flexibility index (Phi) is 4.21. The van der Waals surface area contributed by atoms with E-state index in [1.54, 1.807) is 18.2 Å². The van der Waals surface area contributed by atoms with E-state index in [-0.39, 0.29) is 18.9 Å². The number of rotatable bonds is 4. The quantitative estimate of drug-likeness (QED) is 0.795. The highest BCUT2D eigenvalue weighted by Crippen LogP contribution is 2.18. The Morgan fingerprint density at radius 3 is 2.87 bits per heavy atom. The minimum Gasteiger partial charge on any atom is -0.408 e. The minimum atomic E-state index is -0.495. The predicted molar refractivity (Wildman–Crippen MR) is 89.9 cm³/mol. The van der Waals surface area contributed by atoms with E-state index < -0.39 is 5.76 Å². The lowest BCUT2D eigenvalue weighted by atomic mass is 10.2. The van der Waals surface area contributed by atoms with E-state index in [0.717, 1.165) is 11.3 Å². The van der Waals surface area contributed by atoms with Crippen LogP contribution in [0.1, 0.15) is 12.0 Å². The molecule has 3 rings (SSSR count). The van der Waals surface area contributed by atoms with Gasteiger partial charge < -0.3 is 9.73 Å². The number of halogens is 1. The first-order valence-electron chi connectivity index (χ1n) is 7.18. The van der Waals surface area contributed by atoms with Gasteiger partial charge >= 0.3 is 5.76 Å². The highest BCUT2D eigenvalue weighted by atomic mass is 35.5. The van der Waals surface area contributed by atoms with E-state index in [0.29, 0.717) is 16.1 Å². The van der Waals surface area contributed by atoms with Gasteiger partial charge in [0, 0.05) is 29.7 Å². The number of benzene rings is 2. The SMILES string of the molecule is Cc1cccc(NC(=O)CCn2c(=O)oc3cc(Cl)ccc32)c1. The van der Waals surface area contributed by atoms with Gasteiger partial charge in [0.15, 0.2) is 5.58 Å². The van der Waals surface area contributed by atoms with Crippen LogP contribution in [-0.4, -0.2) is 10.5 Å². The van der Waals surface area contributed by atoms with Gasteiger partial charge in [-0.1, -0.05) is 23.7 Å². The first-order valence-corrected chi connectivity index (χ1v) is 7.56. The molecular formula is C17H15ClN2O3. The van der Waals surface area contributed by atoms with Crippen molar-refractivity contribution in [2.75, 3.05) is 5.32 Å². The van der Waals surface area contributed by atoms with Gasteiger partial charge in [0.2, 0.25) is 5.91 Å². The fourth-order valence-corrected chi connectivity index (χ4v) is 2.57. The lowest BCUT2D eigenvalue weighted by Crippen LogP contribution is -2.19. The third-order valence-corrected chi connectivity index (χ3v) is 3.73. The zero-order valence-electron chi connectivity index (χ0n) is 12.5. The number of carbonyl (C=O) groups is 1. The number of fused-ring (bicyclic) bond motifs is 1. The van der Waals surface area contributed by atoms with Gasteiger partial charge in [0.1, 0.15) is 0 Å². The third kappa shape index (κ3) is 3.46. The smallest absolute Gasteiger partial charge is 0.408 e. The van der Waals surface area contributed by atoms with E-state index >= 15 is 0 Å². The van der Waals surface area contributed by atoms with Crippen molar-refractivity contribution in [1.29, 1.82) is 0 Å². The van der Waals surface area contributed by atoms with Crippen molar-refractivity contribution in [1.82, 2.24) is 4.57 Å². The lowest BCUT2D eigenvalue weighted by Gasteiger charge is -2.06. The number of hydrogen-bond acceptors (Lipinski definition) is 3. The molecule has 2 aromatic carbocycles. The summed E-state index contributed by atoms with van der Waals surface area (Å²) in [5.74, 6) is -0.656. The van der Waals surface area contributed by atoms with Crippen LogP contribution in [0.5, 0.6) is 0 Å². The molecule has 0 saturated heterocycles. The molecule has 6 heteroatoms. The number of aromatic nitrogens is 1. The number of aryl methyl sites for hydroxylation is 2. The molecule has 3 aromatic rings. The molecule has 0 fully saturated rings. The molecule has 1 heterocycles. The summed E-state index contributed by atoms with van der Waals surface area (Å²) in [6.07, 6.45) is 0.172. The second-order valence-electron chi connectivity index (χ2n) is 5.30. The predicted octanol–water partition coefficient (Wildman–Crippen LogP) is 3.59. The highest BCUT2D eigenvalue weighted by Gasteiger charge is 2.11. The van der Waals surface area contributed by atoms with Crippen molar-refractivity contribution in [3.63, 3.8) is 0 Å². The van der Waals surface area contributed by atoms with Crippen LogP contribution in [0.2, 0.25) is 5.02 Å². The molecule has 0 atom stereocenters. The van der Waals surface area contributed by atoms with E-state index in [9.17, 15) is 9.59 Å². The van der Waals surface area contributed by atoms with Crippen LogP contribution in [0.25, 0.3) is 11.1 Å². The van der Waals surface area contributed by atoms with E-state index in [4.69, 9.17) is 16.0 Å². The largest absolute Gasteiger partial charge is 0.419 e. The number of oxazole rings is 1. The Morgan fingerprint density at radius 1 is 1.26 bits per heavy atom. The molecule has 0 aliphatic heterocycles. The Balaban J connectivity index is 1.72. The van der Waals surface area contributed by atoms with Crippen LogP contribution in [0.4, 0.5) is 5.69 Å². The second kappa shape index (κ2) is 6.30. The average Bonchev–Trinajstić information content (AvgIpc) is 2.79. The zero-order valence-corrected chi connectivity index (χ0v) is 13.3. The van der Waals surface area contributed by atoms with Gasteiger partial charge in [-0.15, -0.1) is 0 Å². The molecule has 0 bridgehead atoms. The number of amides is 1. The number of nitrogens with one attached hydrogen (secondary N) is 1. The molecule has 23 heavy (non-hydrogen) atoms. The van der Waals surface area contributed by atoms with Crippen LogP contribution in [0, 0.1) is 6.92 Å². The van der Waals surface area contributed by atoms with Gasteiger partial charge in [-0.2, -0.15) is 0 Å². The Bertz CT molecular complexity index is 927. The van der Waals surface area contributed by atoms with Crippen molar-refractivity contribution in [3.05, 3.63) is 63.6 Å². The summed E-state index contributed by atoms with van der Waals surface area (Å²) in [7, 11) is 0. The van der Waals surface area contributed by atoms with Crippen LogP contribution < -0.4 is 11.1 Å². The Morgan fingerprint density at radius 2 is 2.09 bits per heavy atom. The zero-order chi connectivity index (χ0) is 16.4. The van der Waals surface area contributed by atoms with Crippen LogP contribution in [0.3, 0.4) is 0 Å². The van der Waals surface area contributed by atoms with Crippen LogP contribution >= 0.6 is 11.6 Å². The maximum absolute atomic E-state index is 12.0. The average molecular weight is 331 g/mol. The first-order chi connectivity index (χ1) is 11.0. The number of nitrogens with zero attached hydrogens (tertiary/aromatic N) is 1. The van der Waals surface area contributed by atoms with Crippen molar-refractivity contribution in [3.8, 4) is 0 Å². The van der Waals surface area contributed by atoms with Crippen LogP contribution in [0.15, 0.2) is 51.7 Å². The van der Waals surface area contributed by atoms with Gasteiger partial charge in [-0.25, -0.2) is 4.79 Å². The maximum atomic E-state index is 12.0. The summed E-state index contributed by atoms with van der Waals surface area (Å²) in [5.41, 5.74) is 2.85. The normalized spacial score (nSPS) is 10.9. The summed E-state index contributed by atoms with van der Waals surface area (Å²) in [6, 6.07) is 12.5. The molecule has 0 saturated carbocycles. The minimum absolute atomic E-state index is 0.161. The number of anilines is 1. The van der Waals surface area contributed by atoms with Crippen molar-refractivity contribution in [2.24, 2.45) is 0 Å². The summed E-state index contributed by atoms with van der Waals surface area (Å²) in [6.45, 7) is 2.20. The van der Waals surface area contributed by atoms with Crippen LogP contribution in [-0.2, 0) is 11.3 Å². The molecule has 0 aliphatic carbocycles. The number of carbonyl (C=O) groups excluding carboxylic acids is 1. The monoisotopic (exact) mass is 330 g/mol. The maximum Gasteiger partial charge on any atom is 0.419 e. The van der Waals surface area contributed by atoms with Crippen molar-refractivity contribution < 1.29 is 9.21 Å². The molecule has 1 aromatic heterocycles. The van der Waals surface area contributed by atoms with E-state index in [1.165, 1.54) is 4.57 Å². The molecular weight excluding hydrogens is 316 g/mol. The van der Waals surface area contributed by atoms with E-state index in [2.05, 4.69) is 5.32 Å². The van der Waals surface area contributed by atoms with Gasteiger partial charge in [0.05, 0.1) is 5.52 Å². The Labute approximate surface area is 137 Å². The van der Waals surface area contributed by atoms with Gasteiger partial charge in [-0.05, 0) is 36.8 Å². The molecule has 5 nitrogen and oxygen atoms in total. The molecule has 0 unspecified atom stereocenters. The second-order valence-corrected chi connectivity index (χ2v) is 5.74.